The molecule has 0 fully saturated rings. The highest BCUT2D eigenvalue weighted by Gasteiger charge is 2.16. The Morgan fingerprint density at radius 3 is 2.46 bits per heavy atom. The maximum absolute atomic E-state index is 12.5. The van der Waals surface area contributed by atoms with E-state index >= 15 is 0 Å². The first-order valence-electron chi connectivity index (χ1n) is 7.67. The number of thiophene rings is 1. The van der Waals surface area contributed by atoms with Gasteiger partial charge in [0.15, 0.2) is 5.69 Å². The smallest absolute Gasteiger partial charge is 0.269 e. The first-order valence-corrected chi connectivity index (χ1v) is 8.55. The van der Waals surface area contributed by atoms with Gasteiger partial charge in [-0.25, -0.2) is 9.83 Å². The SMILES string of the molecule is [C-]#[N+]c1ccc(C(=O)Nc2ccsc2C(=O)Nc2ccc(C)cn2)cc1. The highest BCUT2D eigenvalue weighted by molar-refractivity contribution is 7.12. The number of nitrogens with zero attached hydrogens (tertiary/aromatic N) is 2. The van der Waals surface area contributed by atoms with Crippen LogP contribution >= 0.6 is 11.3 Å². The minimum atomic E-state index is -0.345. The number of carbonyl (C=O) groups excluding carboxylic acids is 2. The molecule has 2 heterocycles. The van der Waals surface area contributed by atoms with Crippen LogP contribution in [0.3, 0.4) is 0 Å². The number of nitrogens with one attached hydrogen (secondary N) is 2. The summed E-state index contributed by atoms with van der Waals surface area (Å²) < 4.78 is 0. The van der Waals surface area contributed by atoms with E-state index in [9.17, 15) is 9.59 Å². The molecule has 0 atom stereocenters. The summed E-state index contributed by atoms with van der Waals surface area (Å²) in [5.41, 5.74) is 2.30. The van der Waals surface area contributed by atoms with Gasteiger partial charge in [0.2, 0.25) is 0 Å². The summed E-state index contributed by atoms with van der Waals surface area (Å²) in [6.45, 7) is 8.85. The average molecular weight is 362 g/mol. The molecule has 2 aromatic heterocycles. The molecule has 3 aromatic rings. The van der Waals surface area contributed by atoms with Gasteiger partial charge in [-0.1, -0.05) is 30.3 Å². The van der Waals surface area contributed by atoms with Crippen molar-refractivity contribution in [3.63, 3.8) is 0 Å². The van der Waals surface area contributed by atoms with Crippen molar-refractivity contribution in [3.05, 3.63) is 81.5 Å². The van der Waals surface area contributed by atoms with E-state index < -0.39 is 0 Å². The van der Waals surface area contributed by atoms with E-state index in [1.165, 1.54) is 11.3 Å². The van der Waals surface area contributed by atoms with Gasteiger partial charge in [-0.3, -0.25) is 9.59 Å². The standard InChI is InChI=1S/C19H14N4O2S/c1-12-3-8-16(21-11-12)23-19(25)17-15(9-10-26-17)22-18(24)13-4-6-14(20-2)7-5-13/h3-11H,1H3,(H,22,24)(H,21,23,25). The van der Waals surface area contributed by atoms with Crippen LogP contribution in [-0.2, 0) is 0 Å². The van der Waals surface area contributed by atoms with Crippen molar-refractivity contribution in [2.24, 2.45) is 0 Å². The number of carbonyl (C=O) groups is 2. The maximum atomic E-state index is 12.5. The molecular weight excluding hydrogens is 348 g/mol. The van der Waals surface area contributed by atoms with E-state index in [0.29, 0.717) is 27.6 Å². The predicted octanol–water partition coefficient (Wildman–Crippen LogP) is 4.51. The molecule has 2 amide bonds. The van der Waals surface area contributed by atoms with Crippen molar-refractivity contribution < 1.29 is 9.59 Å². The molecule has 26 heavy (non-hydrogen) atoms. The zero-order valence-electron chi connectivity index (χ0n) is 13.8. The lowest BCUT2D eigenvalue weighted by atomic mass is 10.2. The van der Waals surface area contributed by atoms with Gasteiger partial charge in [-0.2, -0.15) is 0 Å². The summed E-state index contributed by atoms with van der Waals surface area (Å²) in [5, 5.41) is 7.18. The topological polar surface area (TPSA) is 75.5 Å². The van der Waals surface area contributed by atoms with Gasteiger partial charge in [0.1, 0.15) is 10.7 Å². The lowest BCUT2D eigenvalue weighted by Crippen LogP contribution is -2.16. The van der Waals surface area contributed by atoms with E-state index in [-0.39, 0.29) is 11.8 Å². The third-order valence-electron chi connectivity index (χ3n) is 3.53. The quantitative estimate of drug-likeness (QED) is 0.671. The molecular formula is C19H14N4O2S. The lowest BCUT2D eigenvalue weighted by molar-refractivity contribution is 0.102. The van der Waals surface area contributed by atoms with Gasteiger partial charge < -0.3 is 10.6 Å². The molecule has 0 aliphatic carbocycles. The zero-order chi connectivity index (χ0) is 18.5. The third-order valence-corrected chi connectivity index (χ3v) is 4.44. The van der Waals surface area contributed by atoms with Crippen LogP contribution in [0.2, 0.25) is 0 Å². The Morgan fingerprint density at radius 2 is 1.81 bits per heavy atom. The molecule has 0 aliphatic rings. The summed E-state index contributed by atoms with van der Waals surface area (Å²) in [7, 11) is 0. The Bertz CT molecular complexity index is 986. The van der Waals surface area contributed by atoms with Crippen LogP contribution in [0.15, 0.2) is 54.0 Å². The number of aryl methyl sites for hydroxylation is 1. The Hall–Kier alpha value is -3.50. The van der Waals surface area contributed by atoms with Gasteiger partial charge >= 0.3 is 0 Å². The van der Waals surface area contributed by atoms with E-state index in [0.717, 1.165) is 5.56 Å². The minimum Gasteiger partial charge on any atom is -0.320 e. The van der Waals surface area contributed by atoms with Crippen LogP contribution < -0.4 is 10.6 Å². The van der Waals surface area contributed by atoms with E-state index in [2.05, 4.69) is 20.5 Å². The molecule has 0 bridgehead atoms. The second kappa shape index (κ2) is 7.59. The van der Waals surface area contributed by atoms with Gasteiger partial charge in [0.05, 0.1) is 12.3 Å². The highest BCUT2D eigenvalue weighted by atomic mass is 32.1. The maximum Gasteiger partial charge on any atom is 0.269 e. The van der Waals surface area contributed by atoms with Crippen LogP contribution in [0.5, 0.6) is 0 Å². The number of hydrogen-bond donors (Lipinski definition) is 2. The fourth-order valence-electron chi connectivity index (χ4n) is 2.18. The second-order valence-electron chi connectivity index (χ2n) is 5.45. The van der Waals surface area contributed by atoms with Crippen molar-refractivity contribution >= 4 is 40.3 Å². The van der Waals surface area contributed by atoms with Crippen LogP contribution in [0.25, 0.3) is 4.85 Å². The molecule has 2 N–H and O–H groups in total. The molecule has 3 rings (SSSR count). The van der Waals surface area contributed by atoms with Crippen LogP contribution in [0, 0.1) is 13.5 Å². The Kier molecular flexibility index (Phi) is 5.06. The molecule has 0 aliphatic heterocycles. The minimum absolute atomic E-state index is 0.338. The van der Waals surface area contributed by atoms with Crippen LogP contribution in [0.4, 0.5) is 17.2 Å². The predicted molar refractivity (Wildman–Crippen MR) is 102 cm³/mol. The number of aromatic nitrogens is 1. The number of amides is 2. The molecule has 0 spiro atoms. The molecule has 0 radical (unpaired) electrons. The van der Waals surface area contributed by atoms with Gasteiger partial charge in [0, 0.05) is 11.8 Å². The van der Waals surface area contributed by atoms with E-state index in [4.69, 9.17) is 6.57 Å². The van der Waals surface area contributed by atoms with E-state index in [1.807, 2.05) is 13.0 Å². The Labute approximate surface area is 154 Å². The number of rotatable bonds is 4. The van der Waals surface area contributed by atoms with E-state index in [1.54, 1.807) is 48.0 Å². The normalized spacial score (nSPS) is 10.0. The van der Waals surface area contributed by atoms with Crippen molar-refractivity contribution in [1.29, 1.82) is 0 Å². The lowest BCUT2D eigenvalue weighted by Gasteiger charge is -2.08. The molecule has 1 aromatic carbocycles. The van der Waals surface area contributed by atoms with Crippen molar-refractivity contribution in [2.45, 2.75) is 6.92 Å². The summed E-state index contributed by atoms with van der Waals surface area (Å²) in [4.78, 5) is 32.6. The van der Waals surface area contributed by atoms with Gasteiger partial charge in [-0.05, 0) is 30.0 Å². The number of pyridine rings is 1. The first kappa shape index (κ1) is 17.3. The molecule has 128 valence electrons. The zero-order valence-corrected chi connectivity index (χ0v) is 14.6. The monoisotopic (exact) mass is 362 g/mol. The second-order valence-corrected chi connectivity index (χ2v) is 6.37. The van der Waals surface area contributed by atoms with Crippen molar-refractivity contribution in [2.75, 3.05) is 10.6 Å². The number of hydrogen-bond acceptors (Lipinski definition) is 4. The van der Waals surface area contributed by atoms with Crippen LogP contribution in [0.1, 0.15) is 25.6 Å². The van der Waals surface area contributed by atoms with Gasteiger partial charge in [-0.15, -0.1) is 11.3 Å². The number of anilines is 2. The molecule has 6 nitrogen and oxygen atoms in total. The Balaban J connectivity index is 1.73. The van der Waals surface area contributed by atoms with Gasteiger partial charge in [0.25, 0.3) is 11.8 Å². The fraction of sp³-hybridized carbons (Fsp3) is 0.0526. The van der Waals surface area contributed by atoms with Crippen molar-refractivity contribution in [3.8, 4) is 0 Å². The van der Waals surface area contributed by atoms with Crippen LogP contribution in [-0.4, -0.2) is 16.8 Å². The Morgan fingerprint density at radius 1 is 1.04 bits per heavy atom. The average Bonchev–Trinajstić information content (AvgIpc) is 3.12. The van der Waals surface area contributed by atoms with Crippen molar-refractivity contribution in [1.82, 2.24) is 4.98 Å². The number of benzene rings is 1. The molecule has 7 heteroatoms. The molecule has 0 unspecified atom stereocenters. The largest absolute Gasteiger partial charge is 0.320 e. The summed E-state index contributed by atoms with van der Waals surface area (Å²) in [5.74, 6) is -0.238. The summed E-state index contributed by atoms with van der Waals surface area (Å²) in [6.07, 6.45) is 1.67. The molecule has 0 saturated heterocycles. The summed E-state index contributed by atoms with van der Waals surface area (Å²) in [6, 6.07) is 11.5. The highest BCUT2D eigenvalue weighted by Crippen LogP contribution is 2.24. The summed E-state index contributed by atoms with van der Waals surface area (Å²) >= 11 is 1.23. The first-order chi connectivity index (χ1) is 12.6. The fourth-order valence-corrected chi connectivity index (χ4v) is 2.92. The third kappa shape index (κ3) is 3.94. The molecule has 0 saturated carbocycles.